The molecule has 2 rings (SSSR count). The number of amides is 1. The van der Waals surface area contributed by atoms with E-state index in [1.54, 1.807) is 6.92 Å². The van der Waals surface area contributed by atoms with Crippen LogP contribution >= 0.6 is 11.6 Å². The van der Waals surface area contributed by atoms with Crippen molar-refractivity contribution in [3.63, 3.8) is 0 Å². The molecule has 0 bridgehead atoms. The number of halogens is 1. The minimum absolute atomic E-state index is 0.0418. The van der Waals surface area contributed by atoms with Crippen molar-refractivity contribution in [1.82, 2.24) is 10.2 Å². The number of hydrogen-bond donors (Lipinski definition) is 1. The number of hydrogen-bond acceptors (Lipinski definition) is 2. The number of benzene rings is 1. The third-order valence-corrected chi connectivity index (χ3v) is 3.60. The molecular weight excluding hydrogens is 248 g/mol. The van der Waals surface area contributed by atoms with E-state index in [4.69, 9.17) is 11.6 Å². The van der Waals surface area contributed by atoms with E-state index in [1.165, 1.54) is 5.56 Å². The van der Waals surface area contributed by atoms with E-state index in [1.807, 2.05) is 18.2 Å². The first-order chi connectivity index (χ1) is 8.54. The van der Waals surface area contributed by atoms with Crippen LogP contribution in [0.25, 0.3) is 0 Å². The standard InChI is InChI=1S/C14H19ClN2O/c1-10(18)16-14-7-12(8-17(2)9-14)11-4-3-5-13(15)6-11/h3-6,12,14H,7-9H2,1-2H3,(H,16,18). The van der Waals surface area contributed by atoms with Gasteiger partial charge in [0, 0.05) is 31.1 Å². The lowest BCUT2D eigenvalue weighted by molar-refractivity contribution is -0.120. The van der Waals surface area contributed by atoms with E-state index in [0.717, 1.165) is 24.5 Å². The maximum absolute atomic E-state index is 11.2. The summed E-state index contributed by atoms with van der Waals surface area (Å²) in [6.45, 7) is 3.50. The number of nitrogens with one attached hydrogen (secondary N) is 1. The molecule has 1 aromatic carbocycles. The lowest BCUT2D eigenvalue weighted by Gasteiger charge is -2.36. The van der Waals surface area contributed by atoms with Gasteiger partial charge in [0.05, 0.1) is 0 Å². The predicted molar refractivity (Wildman–Crippen MR) is 73.9 cm³/mol. The summed E-state index contributed by atoms with van der Waals surface area (Å²) in [6.07, 6.45) is 0.976. The molecule has 1 heterocycles. The summed E-state index contributed by atoms with van der Waals surface area (Å²) in [4.78, 5) is 13.4. The van der Waals surface area contributed by atoms with Crippen LogP contribution in [-0.2, 0) is 4.79 Å². The van der Waals surface area contributed by atoms with Crippen molar-refractivity contribution in [2.45, 2.75) is 25.3 Å². The summed E-state index contributed by atoms with van der Waals surface area (Å²) in [6, 6.07) is 8.24. The van der Waals surface area contributed by atoms with Gasteiger partial charge in [0.2, 0.25) is 5.91 Å². The Morgan fingerprint density at radius 3 is 2.89 bits per heavy atom. The summed E-state index contributed by atoms with van der Waals surface area (Å²) < 4.78 is 0. The second kappa shape index (κ2) is 5.72. The van der Waals surface area contributed by atoms with Gasteiger partial charge in [-0.05, 0) is 37.1 Å². The molecule has 3 nitrogen and oxygen atoms in total. The molecule has 0 aliphatic carbocycles. The van der Waals surface area contributed by atoms with Crippen molar-refractivity contribution < 1.29 is 4.79 Å². The van der Waals surface area contributed by atoms with Gasteiger partial charge in [0.1, 0.15) is 0 Å². The lowest BCUT2D eigenvalue weighted by atomic mass is 9.88. The van der Waals surface area contributed by atoms with Crippen LogP contribution in [0.15, 0.2) is 24.3 Å². The average molecular weight is 267 g/mol. The molecule has 0 aromatic heterocycles. The fourth-order valence-electron chi connectivity index (χ4n) is 2.71. The minimum Gasteiger partial charge on any atom is -0.352 e. The van der Waals surface area contributed by atoms with Crippen LogP contribution in [0, 0.1) is 0 Å². The van der Waals surface area contributed by atoms with Crippen molar-refractivity contribution >= 4 is 17.5 Å². The Labute approximate surface area is 113 Å². The maximum Gasteiger partial charge on any atom is 0.217 e. The van der Waals surface area contributed by atoms with Crippen molar-refractivity contribution in [3.8, 4) is 0 Å². The monoisotopic (exact) mass is 266 g/mol. The highest BCUT2D eigenvalue weighted by molar-refractivity contribution is 6.30. The van der Waals surface area contributed by atoms with E-state index in [0.29, 0.717) is 5.92 Å². The molecule has 0 radical (unpaired) electrons. The zero-order valence-electron chi connectivity index (χ0n) is 10.8. The van der Waals surface area contributed by atoms with E-state index in [2.05, 4.69) is 23.3 Å². The Morgan fingerprint density at radius 1 is 1.44 bits per heavy atom. The molecule has 1 saturated heterocycles. The zero-order valence-corrected chi connectivity index (χ0v) is 11.6. The number of likely N-dealkylation sites (N-methyl/N-ethyl adjacent to an activating group) is 1. The van der Waals surface area contributed by atoms with Crippen LogP contribution in [0.3, 0.4) is 0 Å². The number of rotatable bonds is 2. The summed E-state index contributed by atoms with van der Waals surface area (Å²) in [5.74, 6) is 0.472. The molecule has 1 N–H and O–H groups in total. The fraction of sp³-hybridized carbons (Fsp3) is 0.500. The van der Waals surface area contributed by atoms with Crippen LogP contribution in [0.4, 0.5) is 0 Å². The maximum atomic E-state index is 11.2. The molecule has 2 unspecified atom stereocenters. The van der Waals surface area contributed by atoms with Crippen molar-refractivity contribution in [3.05, 3.63) is 34.9 Å². The predicted octanol–water partition coefficient (Wildman–Crippen LogP) is 2.26. The van der Waals surface area contributed by atoms with Crippen molar-refractivity contribution in [1.29, 1.82) is 0 Å². The number of carbonyl (C=O) groups is 1. The Morgan fingerprint density at radius 2 is 2.22 bits per heavy atom. The molecule has 1 fully saturated rings. The number of likely N-dealkylation sites (tertiary alicyclic amines) is 1. The van der Waals surface area contributed by atoms with Gasteiger partial charge in [-0.25, -0.2) is 0 Å². The molecular formula is C14H19ClN2O. The Bertz CT molecular complexity index is 436. The number of piperidine rings is 1. The molecule has 1 amide bonds. The molecule has 1 aliphatic heterocycles. The van der Waals surface area contributed by atoms with Gasteiger partial charge in [-0.3, -0.25) is 4.79 Å². The highest BCUT2D eigenvalue weighted by atomic mass is 35.5. The third kappa shape index (κ3) is 3.47. The van der Waals surface area contributed by atoms with E-state index in [-0.39, 0.29) is 11.9 Å². The summed E-state index contributed by atoms with van der Waals surface area (Å²) in [5.41, 5.74) is 1.25. The number of nitrogens with zero attached hydrogens (tertiary/aromatic N) is 1. The molecule has 4 heteroatoms. The van der Waals surface area contributed by atoms with Crippen LogP contribution in [0.1, 0.15) is 24.8 Å². The normalized spacial score (nSPS) is 24.8. The van der Waals surface area contributed by atoms with Gasteiger partial charge in [0.15, 0.2) is 0 Å². The Balaban J connectivity index is 2.10. The second-order valence-electron chi connectivity index (χ2n) is 5.11. The highest BCUT2D eigenvalue weighted by Crippen LogP contribution is 2.28. The van der Waals surface area contributed by atoms with Crippen LogP contribution in [-0.4, -0.2) is 37.0 Å². The zero-order chi connectivity index (χ0) is 13.1. The molecule has 98 valence electrons. The molecule has 0 saturated carbocycles. The van der Waals surface area contributed by atoms with Crippen LogP contribution in [0.2, 0.25) is 5.02 Å². The largest absolute Gasteiger partial charge is 0.352 e. The van der Waals surface area contributed by atoms with Crippen molar-refractivity contribution in [2.24, 2.45) is 0 Å². The average Bonchev–Trinajstić information content (AvgIpc) is 2.27. The smallest absolute Gasteiger partial charge is 0.217 e. The summed E-state index contributed by atoms with van der Waals surface area (Å²) in [5, 5.41) is 3.79. The van der Waals surface area contributed by atoms with Crippen LogP contribution < -0.4 is 5.32 Å². The first-order valence-electron chi connectivity index (χ1n) is 6.25. The van der Waals surface area contributed by atoms with E-state index < -0.39 is 0 Å². The van der Waals surface area contributed by atoms with E-state index in [9.17, 15) is 4.79 Å². The van der Waals surface area contributed by atoms with Gasteiger partial charge >= 0.3 is 0 Å². The first-order valence-corrected chi connectivity index (χ1v) is 6.63. The minimum atomic E-state index is 0.0418. The lowest BCUT2D eigenvalue weighted by Crippen LogP contribution is -2.48. The summed E-state index contributed by atoms with van der Waals surface area (Å²) >= 11 is 6.04. The molecule has 1 aromatic rings. The number of carbonyl (C=O) groups excluding carboxylic acids is 1. The first kappa shape index (κ1) is 13.4. The summed E-state index contributed by atoms with van der Waals surface area (Å²) in [7, 11) is 2.09. The quantitative estimate of drug-likeness (QED) is 0.891. The fourth-order valence-corrected chi connectivity index (χ4v) is 2.91. The molecule has 18 heavy (non-hydrogen) atoms. The van der Waals surface area contributed by atoms with Gasteiger partial charge < -0.3 is 10.2 Å². The SMILES string of the molecule is CC(=O)NC1CC(c2cccc(Cl)c2)CN(C)C1. The van der Waals surface area contributed by atoms with E-state index >= 15 is 0 Å². The Kier molecular flexibility index (Phi) is 4.25. The van der Waals surface area contributed by atoms with Gasteiger partial charge in [-0.2, -0.15) is 0 Å². The van der Waals surface area contributed by atoms with Crippen molar-refractivity contribution in [2.75, 3.05) is 20.1 Å². The molecule has 0 spiro atoms. The van der Waals surface area contributed by atoms with Gasteiger partial charge in [-0.1, -0.05) is 23.7 Å². The topological polar surface area (TPSA) is 32.3 Å². The molecule has 1 aliphatic rings. The third-order valence-electron chi connectivity index (χ3n) is 3.36. The highest BCUT2D eigenvalue weighted by Gasteiger charge is 2.26. The molecule has 2 atom stereocenters. The van der Waals surface area contributed by atoms with Crippen LogP contribution in [0.5, 0.6) is 0 Å². The second-order valence-corrected chi connectivity index (χ2v) is 5.54. The van der Waals surface area contributed by atoms with Gasteiger partial charge in [-0.15, -0.1) is 0 Å². The van der Waals surface area contributed by atoms with Gasteiger partial charge in [0.25, 0.3) is 0 Å². The Hall–Kier alpha value is -1.06.